The number of carbonyl (C=O) groups excluding carboxylic acids is 1. The highest BCUT2D eigenvalue weighted by atomic mass is 32.2. The van der Waals surface area contributed by atoms with Crippen molar-refractivity contribution in [2.45, 2.75) is 38.1 Å². The van der Waals surface area contributed by atoms with Crippen LogP contribution >= 0.6 is 0 Å². The Labute approximate surface area is 116 Å². The van der Waals surface area contributed by atoms with Crippen molar-refractivity contribution in [2.24, 2.45) is 5.92 Å². The van der Waals surface area contributed by atoms with E-state index in [0.717, 1.165) is 0 Å². The lowest BCUT2D eigenvalue weighted by molar-refractivity contribution is -0.141. The van der Waals surface area contributed by atoms with Crippen molar-refractivity contribution >= 4 is 15.9 Å². The topological polar surface area (TPSA) is 66.5 Å². The van der Waals surface area contributed by atoms with Gasteiger partial charge in [-0.1, -0.05) is 0 Å². The van der Waals surface area contributed by atoms with Crippen LogP contribution in [0.25, 0.3) is 0 Å². The molecule has 0 aromatic heterocycles. The molecule has 0 aromatic carbocycles. The molecule has 1 aliphatic heterocycles. The van der Waals surface area contributed by atoms with Crippen molar-refractivity contribution in [1.29, 1.82) is 0 Å². The quantitative estimate of drug-likeness (QED) is 0.845. The molecule has 118 valence electrons. The smallest absolute Gasteiger partial charge is 0.347 e. The Balaban J connectivity index is 2.49. The predicted molar refractivity (Wildman–Crippen MR) is 67.4 cm³/mol. The molecule has 0 saturated carbocycles. The summed E-state index contributed by atoms with van der Waals surface area (Å²) >= 11 is 0. The molecule has 1 N–H and O–H groups in total. The summed E-state index contributed by atoms with van der Waals surface area (Å²) < 4.78 is 61.1. The van der Waals surface area contributed by atoms with Gasteiger partial charge in [-0.15, -0.1) is 0 Å². The predicted octanol–water partition coefficient (Wildman–Crippen LogP) is 1.12. The van der Waals surface area contributed by atoms with Crippen LogP contribution in [-0.2, 0) is 14.8 Å². The second-order valence-corrected chi connectivity index (χ2v) is 7.59. The van der Waals surface area contributed by atoms with E-state index >= 15 is 0 Å². The maximum atomic E-state index is 12.0. The number of piperidine rings is 1. The average Bonchev–Trinajstić information content (AvgIpc) is 2.35. The first-order valence-corrected chi connectivity index (χ1v) is 7.88. The van der Waals surface area contributed by atoms with Gasteiger partial charge in [0.05, 0.1) is 5.25 Å². The molecule has 0 aromatic rings. The number of nitrogens with zero attached hydrogens (tertiary/aromatic N) is 1. The minimum atomic E-state index is -4.43. The zero-order valence-electron chi connectivity index (χ0n) is 11.4. The maximum absolute atomic E-state index is 12.0. The number of halogens is 3. The number of hydrogen-bond donors (Lipinski definition) is 1. The van der Waals surface area contributed by atoms with Crippen LogP contribution in [0, 0.1) is 5.92 Å². The highest BCUT2D eigenvalue weighted by Crippen LogP contribution is 2.22. The highest BCUT2D eigenvalue weighted by Gasteiger charge is 2.34. The van der Waals surface area contributed by atoms with E-state index in [0.29, 0.717) is 0 Å². The summed E-state index contributed by atoms with van der Waals surface area (Å²) in [6.07, 6.45) is -3.94. The lowest BCUT2D eigenvalue weighted by atomic mass is 9.97. The second kappa shape index (κ2) is 6.30. The molecule has 0 spiro atoms. The molecular weight excluding hydrogens is 297 g/mol. The lowest BCUT2D eigenvalue weighted by Crippen LogP contribution is -2.46. The fraction of sp³-hybridized carbons (Fsp3) is 0.909. The molecule has 1 amide bonds. The van der Waals surface area contributed by atoms with E-state index in [1.165, 1.54) is 4.31 Å². The first-order chi connectivity index (χ1) is 9.04. The van der Waals surface area contributed by atoms with Gasteiger partial charge in [-0.05, 0) is 26.7 Å². The summed E-state index contributed by atoms with van der Waals surface area (Å²) in [5.41, 5.74) is 0. The Morgan fingerprint density at radius 1 is 1.30 bits per heavy atom. The van der Waals surface area contributed by atoms with E-state index in [2.05, 4.69) is 0 Å². The van der Waals surface area contributed by atoms with Gasteiger partial charge in [0.25, 0.3) is 0 Å². The standard InChI is InChI=1S/C11H19F3N2O3S/c1-8(2)20(18,19)16-5-3-9(4-6-16)10(17)15-7-11(12,13)14/h8-9H,3-7H2,1-2H3,(H,15,17). The van der Waals surface area contributed by atoms with Gasteiger partial charge in [-0.2, -0.15) is 13.2 Å². The third kappa shape index (κ3) is 4.62. The number of sulfonamides is 1. The van der Waals surface area contributed by atoms with Crippen LogP contribution in [0.3, 0.4) is 0 Å². The van der Waals surface area contributed by atoms with Gasteiger partial charge in [-0.3, -0.25) is 4.79 Å². The van der Waals surface area contributed by atoms with Gasteiger partial charge in [-0.25, -0.2) is 12.7 Å². The van der Waals surface area contributed by atoms with Gasteiger partial charge in [0.1, 0.15) is 6.54 Å². The molecule has 1 fully saturated rings. The molecule has 5 nitrogen and oxygen atoms in total. The SMILES string of the molecule is CC(C)S(=O)(=O)N1CCC(C(=O)NCC(F)(F)F)CC1. The van der Waals surface area contributed by atoms with Crippen LogP contribution in [-0.4, -0.2) is 49.7 Å². The third-order valence-electron chi connectivity index (χ3n) is 3.24. The van der Waals surface area contributed by atoms with Crippen molar-refractivity contribution < 1.29 is 26.4 Å². The number of rotatable bonds is 4. The monoisotopic (exact) mass is 316 g/mol. The summed E-state index contributed by atoms with van der Waals surface area (Å²) in [7, 11) is -3.36. The zero-order chi connectivity index (χ0) is 15.6. The Bertz CT molecular complexity index is 440. The van der Waals surface area contributed by atoms with Crippen molar-refractivity contribution in [3.05, 3.63) is 0 Å². The number of alkyl halides is 3. The summed E-state index contributed by atoms with van der Waals surface area (Å²) in [5, 5.41) is 1.29. The van der Waals surface area contributed by atoms with Crippen LogP contribution < -0.4 is 5.32 Å². The zero-order valence-corrected chi connectivity index (χ0v) is 12.2. The molecule has 0 radical (unpaired) electrons. The van der Waals surface area contributed by atoms with Gasteiger partial charge >= 0.3 is 6.18 Å². The first kappa shape index (κ1) is 17.2. The fourth-order valence-corrected chi connectivity index (χ4v) is 3.32. The van der Waals surface area contributed by atoms with Gasteiger partial charge in [0.2, 0.25) is 15.9 Å². The minimum absolute atomic E-state index is 0.171. The van der Waals surface area contributed by atoms with E-state index in [4.69, 9.17) is 0 Å². The van der Waals surface area contributed by atoms with Crippen molar-refractivity contribution in [2.75, 3.05) is 19.6 Å². The molecule has 20 heavy (non-hydrogen) atoms. The Morgan fingerprint density at radius 3 is 2.20 bits per heavy atom. The van der Waals surface area contributed by atoms with Crippen molar-refractivity contribution in [3.63, 3.8) is 0 Å². The van der Waals surface area contributed by atoms with E-state index in [9.17, 15) is 26.4 Å². The van der Waals surface area contributed by atoms with Crippen LogP contribution in [0.2, 0.25) is 0 Å². The molecule has 1 aliphatic rings. The van der Waals surface area contributed by atoms with Crippen LogP contribution in [0.4, 0.5) is 13.2 Å². The van der Waals surface area contributed by atoms with Gasteiger partial charge in [0.15, 0.2) is 0 Å². The Morgan fingerprint density at radius 2 is 1.80 bits per heavy atom. The van der Waals surface area contributed by atoms with Crippen LogP contribution in [0.15, 0.2) is 0 Å². The largest absolute Gasteiger partial charge is 0.405 e. The van der Waals surface area contributed by atoms with E-state index in [1.807, 2.05) is 5.32 Å². The molecule has 1 heterocycles. The molecule has 9 heteroatoms. The summed E-state index contributed by atoms with van der Waals surface area (Å²) in [6.45, 7) is 2.13. The molecule has 0 bridgehead atoms. The summed E-state index contributed by atoms with van der Waals surface area (Å²) in [5.74, 6) is -1.22. The molecular formula is C11H19F3N2O3S. The number of carbonyl (C=O) groups is 1. The molecule has 0 unspecified atom stereocenters. The first-order valence-electron chi connectivity index (χ1n) is 6.37. The molecule has 1 saturated heterocycles. The van der Waals surface area contributed by atoms with E-state index in [-0.39, 0.29) is 25.9 Å². The average molecular weight is 316 g/mol. The van der Waals surface area contributed by atoms with Gasteiger partial charge < -0.3 is 5.32 Å². The van der Waals surface area contributed by atoms with Crippen molar-refractivity contribution in [3.8, 4) is 0 Å². The highest BCUT2D eigenvalue weighted by molar-refractivity contribution is 7.89. The molecule has 0 aliphatic carbocycles. The fourth-order valence-electron chi connectivity index (χ4n) is 2.00. The van der Waals surface area contributed by atoms with E-state index in [1.54, 1.807) is 13.8 Å². The Kier molecular flexibility index (Phi) is 5.42. The molecule has 1 rings (SSSR count). The Hall–Kier alpha value is -0.830. The number of nitrogens with one attached hydrogen (secondary N) is 1. The lowest BCUT2D eigenvalue weighted by Gasteiger charge is -2.31. The van der Waals surface area contributed by atoms with Crippen LogP contribution in [0.1, 0.15) is 26.7 Å². The third-order valence-corrected chi connectivity index (χ3v) is 5.52. The van der Waals surface area contributed by atoms with Gasteiger partial charge in [0, 0.05) is 19.0 Å². The normalized spacial score (nSPS) is 19.3. The maximum Gasteiger partial charge on any atom is 0.405 e. The number of amides is 1. The second-order valence-electron chi connectivity index (χ2n) is 5.10. The van der Waals surface area contributed by atoms with Crippen molar-refractivity contribution in [1.82, 2.24) is 9.62 Å². The summed E-state index contributed by atoms with van der Waals surface area (Å²) in [6, 6.07) is 0. The summed E-state index contributed by atoms with van der Waals surface area (Å²) in [4.78, 5) is 11.6. The van der Waals surface area contributed by atoms with Crippen LogP contribution in [0.5, 0.6) is 0 Å². The minimum Gasteiger partial charge on any atom is -0.347 e. The van der Waals surface area contributed by atoms with E-state index < -0.39 is 39.8 Å². The molecule has 0 atom stereocenters. The number of hydrogen-bond acceptors (Lipinski definition) is 3.